The molecule has 1 atom stereocenters. The molecule has 1 aromatic rings. The second kappa shape index (κ2) is 7.17. The summed E-state index contributed by atoms with van der Waals surface area (Å²) in [5.41, 5.74) is -0.280. The van der Waals surface area contributed by atoms with Crippen LogP contribution < -0.4 is 0 Å². The largest absolute Gasteiger partial charge is 0.383 e. The molecule has 0 saturated carbocycles. The molecule has 0 aromatic carbocycles. The van der Waals surface area contributed by atoms with E-state index in [4.69, 9.17) is 9.47 Å². The zero-order valence-electron chi connectivity index (χ0n) is 11.9. The highest BCUT2D eigenvalue weighted by molar-refractivity contribution is 9.10. The van der Waals surface area contributed by atoms with Gasteiger partial charge < -0.3 is 9.47 Å². The zero-order valence-corrected chi connectivity index (χ0v) is 13.5. The number of hydrogen-bond acceptors (Lipinski definition) is 4. The fourth-order valence-corrected chi connectivity index (χ4v) is 2.31. The van der Waals surface area contributed by atoms with Gasteiger partial charge in [0, 0.05) is 13.7 Å². The number of Topliss-reactive ketones (excluding diaryl/α,β-unsaturated/α-hetero) is 1. The van der Waals surface area contributed by atoms with Gasteiger partial charge in [0.1, 0.15) is 11.3 Å². The summed E-state index contributed by atoms with van der Waals surface area (Å²) in [5.74, 6) is -0.0580. The van der Waals surface area contributed by atoms with Crippen molar-refractivity contribution in [3.63, 3.8) is 0 Å². The number of methoxy groups -OCH3 is 1. The van der Waals surface area contributed by atoms with Crippen molar-refractivity contribution in [1.29, 1.82) is 0 Å². The lowest BCUT2D eigenvalue weighted by atomic mass is 9.95. The van der Waals surface area contributed by atoms with Crippen LogP contribution in [0.1, 0.15) is 37.7 Å². The van der Waals surface area contributed by atoms with Gasteiger partial charge >= 0.3 is 0 Å². The highest BCUT2D eigenvalue weighted by Crippen LogP contribution is 2.26. The molecule has 0 saturated heterocycles. The molecule has 19 heavy (non-hydrogen) atoms. The Balaban J connectivity index is 3.06. The van der Waals surface area contributed by atoms with Gasteiger partial charge in [-0.15, -0.1) is 0 Å². The molecule has 0 radical (unpaired) electrons. The third-order valence-corrected chi connectivity index (χ3v) is 3.72. The van der Waals surface area contributed by atoms with Gasteiger partial charge in [0.05, 0.1) is 23.8 Å². The molecule has 0 fully saturated rings. The quantitative estimate of drug-likeness (QED) is 0.687. The SMILES string of the molecule is CCOC(C)(CC)C(=O)c1c(Br)cnn1CCOC. The Morgan fingerprint density at radius 3 is 2.74 bits per heavy atom. The Hall–Kier alpha value is -0.720. The highest BCUT2D eigenvalue weighted by atomic mass is 79.9. The minimum atomic E-state index is -0.817. The molecule has 0 aliphatic rings. The summed E-state index contributed by atoms with van der Waals surface area (Å²) in [6, 6.07) is 0. The molecule has 1 aromatic heterocycles. The third-order valence-electron chi connectivity index (χ3n) is 3.13. The highest BCUT2D eigenvalue weighted by Gasteiger charge is 2.36. The van der Waals surface area contributed by atoms with Crippen molar-refractivity contribution < 1.29 is 14.3 Å². The van der Waals surface area contributed by atoms with Crippen LogP contribution in [0.3, 0.4) is 0 Å². The van der Waals surface area contributed by atoms with Gasteiger partial charge in [-0.25, -0.2) is 0 Å². The Morgan fingerprint density at radius 2 is 2.21 bits per heavy atom. The number of ether oxygens (including phenoxy) is 2. The molecule has 1 unspecified atom stereocenters. The van der Waals surface area contributed by atoms with Gasteiger partial charge in [-0.3, -0.25) is 9.48 Å². The van der Waals surface area contributed by atoms with E-state index in [1.165, 1.54) is 0 Å². The van der Waals surface area contributed by atoms with Crippen molar-refractivity contribution in [2.24, 2.45) is 0 Å². The predicted molar refractivity (Wildman–Crippen MR) is 76.5 cm³/mol. The molecule has 5 nitrogen and oxygen atoms in total. The lowest BCUT2D eigenvalue weighted by Crippen LogP contribution is -2.39. The zero-order chi connectivity index (χ0) is 14.5. The maximum absolute atomic E-state index is 12.7. The van der Waals surface area contributed by atoms with Gasteiger partial charge in [0.15, 0.2) is 0 Å². The minimum Gasteiger partial charge on any atom is -0.383 e. The normalized spacial score (nSPS) is 14.4. The first kappa shape index (κ1) is 16.3. The maximum Gasteiger partial charge on any atom is 0.213 e. The summed E-state index contributed by atoms with van der Waals surface area (Å²) < 4.78 is 13.0. The van der Waals surface area contributed by atoms with Crippen molar-refractivity contribution in [2.75, 3.05) is 20.3 Å². The average Bonchev–Trinajstić information content (AvgIpc) is 2.76. The monoisotopic (exact) mass is 332 g/mol. The van der Waals surface area contributed by atoms with E-state index in [-0.39, 0.29) is 5.78 Å². The number of carbonyl (C=O) groups excluding carboxylic acids is 1. The molecule has 108 valence electrons. The Bertz CT molecular complexity index is 434. The van der Waals surface area contributed by atoms with Crippen LogP contribution >= 0.6 is 15.9 Å². The molecule has 0 aliphatic heterocycles. The van der Waals surface area contributed by atoms with Crippen LogP contribution in [0.4, 0.5) is 0 Å². The van der Waals surface area contributed by atoms with Crippen LogP contribution in [-0.2, 0) is 16.0 Å². The van der Waals surface area contributed by atoms with E-state index in [1.807, 2.05) is 20.8 Å². The summed E-state index contributed by atoms with van der Waals surface area (Å²) in [5, 5.41) is 4.20. The first-order valence-electron chi connectivity index (χ1n) is 6.39. The second-order valence-corrected chi connectivity index (χ2v) is 5.26. The number of carbonyl (C=O) groups is 1. The van der Waals surface area contributed by atoms with Gasteiger partial charge in [0.2, 0.25) is 5.78 Å². The summed E-state index contributed by atoms with van der Waals surface area (Å²) in [6.07, 6.45) is 2.24. The van der Waals surface area contributed by atoms with E-state index in [1.54, 1.807) is 18.0 Å². The van der Waals surface area contributed by atoms with Gasteiger partial charge in [-0.2, -0.15) is 5.10 Å². The summed E-state index contributed by atoms with van der Waals surface area (Å²) >= 11 is 3.38. The average molecular weight is 333 g/mol. The van der Waals surface area contributed by atoms with Crippen molar-refractivity contribution in [1.82, 2.24) is 9.78 Å². The lowest BCUT2D eigenvalue weighted by molar-refractivity contribution is -0.0124. The first-order chi connectivity index (χ1) is 9.00. The summed E-state index contributed by atoms with van der Waals surface area (Å²) in [4.78, 5) is 12.7. The number of ketones is 1. The van der Waals surface area contributed by atoms with E-state index in [0.29, 0.717) is 36.3 Å². The third kappa shape index (κ3) is 3.64. The Kier molecular flexibility index (Phi) is 6.16. The standard InChI is InChI=1S/C13H21BrN2O3/c1-5-13(3,19-6-2)12(17)11-10(14)9-15-16(11)7-8-18-4/h9H,5-8H2,1-4H3. The Labute approximate surface area is 122 Å². The molecule has 1 rings (SSSR count). The van der Waals surface area contributed by atoms with Crippen LogP contribution in [0.5, 0.6) is 0 Å². The van der Waals surface area contributed by atoms with Crippen molar-refractivity contribution in [3.05, 3.63) is 16.4 Å². The topological polar surface area (TPSA) is 53.3 Å². The lowest BCUT2D eigenvalue weighted by Gasteiger charge is -2.26. The van der Waals surface area contributed by atoms with E-state index in [9.17, 15) is 4.79 Å². The molecule has 0 bridgehead atoms. The van der Waals surface area contributed by atoms with E-state index in [0.717, 1.165) is 0 Å². The molecular weight excluding hydrogens is 312 g/mol. The Morgan fingerprint density at radius 1 is 1.53 bits per heavy atom. The van der Waals surface area contributed by atoms with Crippen molar-refractivity contribution in [3.8, 4) is 0 Å². The molecule has 0 N–H and O–H groups in total. The predicted octanol–water partition coefficient (Wildman–Crippen LogP) is 2.68. The first-order valence-corrected chi connectivity index (χ1v) is 7.18. The second-order valence-electron chi connectivity index (χ2n) is 4.40. The van der Waals surface area contributed by atoms with Crippen LogP contribution in [0.15, 0.2) is 10.7 Å². The molecular formula is C13H21BrN2O3. The fraction of sp³-hybridized carbons (Fsp3) is 0.692. The number of rotatable bonds is 8. The fourth-order valence-electron chi connectivity index (χ4n) is 1.83. The molecule has 6 heteroatoms. The van der Waals surface area contributed by atoms with Gasteiger partial charge in [0.25, 0.3) is 0 Å². The number of hydrogen-bond donors (Lipinski definition) is 0. The summed E-state index contributed by atoms with van der Waals surface area (Å²) in [6.45, 7) is 7.19. The van der Waals surface area contributed by atoms with Crippen LogP contribution in [0, 0.1) is 0 Å². The molecule has 0 spiro atoms. The minimum absolute atomic E-state index is 0.0580. The number of nitrogens with zero attached hydrogens (tertiary/aromatic N) is 2. The van der Waals surface area contributed by atoms with Crippen LogP contribution in [-0.4, -0.2) is 41.5 Å². The number of halogens is 1. The molecule has 0 amide bonds. The van der Waals surface area contributed by atoms with Crippen molar-refractivity contribution in [2.45, 2.75) is 39.3 Å². The van der Waals surface area contributed by atoms with E-state index >= 15 is 0 Å². The molecule has 1 heterocycles. The van der Waals surface area contributed by atoms with Gasteiger partial charge in [-0.05, 0) is 36.2 Å². The molecule has 0 aliphatic carbocycles. The van der Waals surface area contributed by atoms with Crippen LogP contribution in [0.25, 0.3) is 0 Å². The smallest absolute Gasteiger partial charge is 0.213 e. The van der Waals surface area contributed by atoms with Crippen molar-refractivity contribution >= 4 is 21.7 Å². The number of aromatic nitrogens is 2. The summed E-state index contributed by atoms with van der Waals surface area (Å²) in [7, 11) is 1.62. The van der Waals surface area contributed by atoms with E-state index in [2.05, 4.69) is 21.0 Å². The van der Waals surface area contributed by atoms with E-state index < -0.39 is 5.60 Å². The van der Waals surface area contributed by atoms with Crippen LogP contribution in [0.2, 0.25) is 0 Å². The maximum atomic E-state index is 12.7. The van der Waals surface area contributed by atoms with Gasteiger partial charge in [-0.1, -0.05) is 6.92 Å².